The number of aromatic amines is 1. The molecular formula is C17H19N3O3. The molecule has 1 N–H and O–H groups in total. The summed E-state index contributed by atoms with van der Waals surface area (Å²) in [5, 5.41) is 0. The number of nitrogens with zero attached hydrogens (tertiary/aromatic N) is 2. The summed E-state index contributed by atoms with van der Waals surface area (Å²) >= 11 is 0. The van der Waals surface area contributed by atoms with E-state index in [1.807, 2.05) is 18.0 Å². The predicted molar refractivity (Wildman–Crippen MR) is 83.8 cm³/mol. The van der Waals surface area contributed by atoms with Crippen molar-refractivity contribution in [2.24, 2.45) is 0 Å². The van der Waals surface area contributed by atoms with Crippen molar-refractivity contribution in [3.63, 3.8) is 0 Å². The Bertz CT molecular complexity index is 740. The van der Waals surface area contributed by atoms with E-state index in [2.05, 4.69) is 9.97 Å². The molecule has 2 aliphatic rings. The molecule has 0 saturated carbocycles. The molecule has 6 nitrogen and oxygen atoms in total. The second kappa shape index (κ2) is 5.61. The Morgan fingerprint density at radius 3 is 3.04 bits per heavy atom. The molecule has 1 aromatic heterocycles. The van der Waals surface area contributed by atoms with Gasteiger partial charge in [0.1, 0.15) is 5.82 Å². The van der Waals surface area contributed by atoms with Crippen molar-refractivity contribution >= 4 is 5.91 Å². The van der Waals surface area contributed by atoms with Crippen LogP contribution < -0.4 is 9.47 Å². The minimum Gasteiger partial charge on any atom is -0.454 e. The van der Waals surface area contributed by atoms with Gasteiger partial charge in [0.2, 0.25) is 6.79 Å². The zero-order valence-electron chi connectivity index (χ0n) is 13.0. The molecule has 2 aliphatic heterocycles. The van der Waals surface area contributed by atoms with Crippen molar-refractivity contribution in [2.45, 2.75) is 25.7 Å². The number of carbonyl (C=O) groups excluding carboxylic acids is 1. The molecule has 0 bridgehead atoms. The first-order valence-corrected chi connectivity index (χ1v) is 7.91. The highest BCUT2D eigenvalue weighted by molar-refractivity contribution is 5.95. The quantitative estimate of drug-likeness (QED) is 0.925. The van der Waals surface area contributed by atoms with Gasteiger partial charge >= 0.3 is 0 Å². The van der Waals surface area contributed by atoms with Gasteiger partial charge in [0.05, 0.1) is 0 Å². The Hall–Kier alpha value is -2.50. The standard InChI is InChI=1S/C17H19N3O3/c1-11-8-18-16(19-11)13-3-2-6-20(9-13)17(21)12-4-5-14-15(7-12)23-10-22-14/h4-5,7-8,13H,2-3,6,9-10H2,1H3,(H,18,19)/t13-/m0/s1. The second-order valence-electron chi connectivity index (χ2n) is 6.11. The average Bonchev–Trinajstić information content (AvgIpc) is 3.22. The van der Waals surface area contributed by atoms with Crippen LogP contribution >= 0.6 is 0 Å². The summed E-state index contributed by atoms with van der Waals surface area (Å²) in [5.74, 6) is 2.63. The molecule has 0 unspecified atom stereocenters. The molecule has 1 amide bonds. The molecule has 23 heavy (non-hydrogen) atoms. The number of aromatic nitrogens is 2. The predicted octanol–water partition coefficient (Wildman–Crippen LogP) is 2.47. The number of amides is 1. The molecule has 0 aliphatic carbocycles. The van der Waals surface area contributed by atoms with Crippen molar-refractivity contribution < 1.29 is 14.3 Å². The second-order valence-corrected chi connectivity index (χ2v) is 6.11. The summed E-state index contributed by atoms with van der Waals surface area (Å²) in [7, 11) is 0. The van der Waals surface area contributed by atoms with Gasteiger partial charge in [-0.15, -0.1) is 0 Å². The Kier molecular flexibility index (Phi) is 3.44. The van der Waals surface area contributed by atoms with E-state index < -0.39 is 0 Å². The van der Waals surface area contributed by atoms with Crippen molar-refractivity contribution in [3.8, 4) is 11.5 Å². The van der Waals surface area contributed by atoms with Crippen LogP contribution in [0.5, 0.6) is 11.5 Å². The third-order valence-corrected chi connectivity index (χ3v) is 4.44. The van der Waals surface area contributed by atoms with Gasteiger partial charge in [0, 0.05) is 36.5 Å². The summed E-state index contributed by atoms with van der Waals surface area (Å²) in [4.78, 5) is 22.4. The Balaban J connectivity index is 1.51. The number of fused-ring (bicyclic) bond motifs is 1. The van der Waals surface area contributed by atoms with Crippen LogP contribution in [0.2, 0.25) is 0 Å². The maximum atomic E-state index is 12.8. The maximum absolute atomic E-state index is 12.8. The van der Waals surface area contributed by atoms with Gasteiger partial charge in [-0.05, 0) is 38.0 Å². The number of H-pyrrole nitrogens is 1. The zero-order chi connectivity index (χ0) is 15.8. The Morgan fingerprint density at radius 2 is 2.22 bits per heavy atom. The molecule has 0 spiro atoms. The maximum Gasteiger partial charge on any atom is 0.254 e. The third kappa shape index (κ3) is 2.65. The highest BCUT2D eigenvalue weighted by Gasteiger charge is 2.28. The van der Waals surface area contributed by atoms with Gasteiger partial charge in [-0.1, -0.05) is 0 Å². The minimum atomic E-state index is 0.0382. The number of hydrogen-bond donors (Lipinski definition) is 1. The minimum absolute atomic E-state index is 0.0382. The van der Waals surface area contributed by atoms with E-state index in [-0.39, 0.29) is 18.6 Å². The van der Waals surface area contributed by atoms with E-state index in [1.165, 1.54) is 0 Å². The molecule has 3 heterocycles. The normalized spacial score (nSPS) is 19.9. The number of likely N-dealkylation sites (tertiary alicyclic amines) is 1. The molecule has 1 aromatic carbocycles. The van der Waals surface area contributed by atoms with E-state index >= 15 is 0 Å². The number of hydrogen-bond acceptors (Lipinski definition) is 4. The number of ether oxygens (including phenoxy) is 2. The van der Waals surface area contributed by atoms with Crippen LogP contribution in [0.25, 0.3) is 0 Å². The summed E-state index contributed by atoms with van der Waals surface area (Å²) in [5.41, 5.74) is 1.70. The van der Waals surface area contributed by atoms with Gasteiger partial charge in [-0.3, -0.25) is 4.79 Å². The fraction of sp³-hybridized carbons (Fsp3) is 0.412. The van der Waals surface area contributed by atoms with E-state index in [4.69, 9.17) is 9.47 Å². The van der Waals surface area contributed by atoms with Crippen LogP contribution in [0.15, 0.2) is 24.4 Å². The third-order valence-electron chi connectivity index (χ3n) is 4.44. The molecule has 6 heteroatoms. The van der Waals surface area contributed by atoms with E-state index in [0.29, 0.717) is 23.6 Å². The lowest BCUT2D eigenvalue weighted by Gasteiger charge is -2.32. The van der Waals surface area contributed by atoms with E-state index in [9.17, 15) is 4.79 Å². The number of imidazole rings is 1. The number of carbonyl (C=O) groups is 1. The first-order chi connectivity index (χ1) is 11.2. The molecule has 0 radical (unpaired) electrons. The van der Waals surface area contributed by atoms with Gasteiger partial charge in [-0.25, -0.2) is 4.98 Å². The van der Waals surface area contributed by atoms with Crippen LogP contribution in [-0.2, 0) is 0 Å². The largest absolute Gasteiger partial charge is 0.454 e. The van der Waals surface area contributed by atoms with E-state index in [0.717, 1.165) is 30.9 Å². The highest BCUT2D eigenvalue weighted by Crippen LogP contribution is 2.33. The van der Waals surface area contributed by atoms with Crippen molar-refractivity contribution in [1.29, 1.82) is 0 Å². The fourth-order valence-corrected chi connectivity index (χ4v) is 3.24. The lowest BCUT2D eigenvalue weighted by atomic mass is 9.96. The van der Waals surface area contributed by atoms with Crippen LogP contribution in [0, 0.1) is 6.92 Å². The highest BCUT2D eigenvalue weighted by atomic mass is 16.7. The Morgan fingerprint density at radius 1 is 1.35 bits per heavy atom. The number of rotatable bonds is 2. The first-order valence-electron chi connectivity index (χ1n) is 7.91. The Labute approximate surface area is 134 Å². The molecule has 1 fully saturated rings. The lowest BCUT2D eigenvalue weighted by Crippen LogP contribution is -2.39. The zero-order valence-corrected chi connectivity index (χ0v) is 13.0. The first kappa shape index (κ1) is 14.1. The number of aryl methyl sites for hydroxylation is 1. The molecule has 120 valence electrons. The smallest absolute Gasteiger partial charge is 0.254 e. The monoisotopic (exact) mass is 313 g/mol. The molecule has 1 saturated heterocycles. The van der Waals surface area contributed by atoms with Gasteiger partial charge < -0.3 is 19.4 Å². The number of piperidine rings is 1. The molecular weight excluding hydrogens is 294 g/mol. The van der Waals surface area contributed by atoms with Crippen molar-refractivity contribution in [3.05, 3.63) is 41.5 Å². The fourth-order valence-electron chi connectivity index (χ4n) is 3.24. The lowest BCUT2D eigenvalue weighted by molar-refractivity contribution is 0.0704. The van der Waals surface area contributed by atoms with Gasteiger partial charge in [0.15, 0.2) is 11.5 Å². The summed E-state index contributed by atoms with van der Waals surface area (Å²) < 4.78 is 10.7. The van der Waals surface area contributed by atoms with Crippen LogP contribution in [-0.4, -0.2) is 40.7 Å². The van der Waals surface area contributed by atoms with Crippen LogP contribution in [0.4, 0.5) is 0 Å². The van der Waals surface area contributed by atoms with E-state index in [1.54, 1.807) is 18.2 Å². The van der Waals surface area contributed by atoms with Crippen LogP contribution in [0.3, 0.4) is 0 Å². The average molecular weight is 313 g/mol. The van der Waals surface area contributed by atoms with Gasteiger partial charge in [-0.2, -0.15) is 0 Å². The SMILES string of the molecule is Cc1cnc([C@H]2CCCN(C(=O)c3ccc4c(c3)OCO4)C2)[nH]1. The molecule has 2 aromatic rings. The summed E-state index contributed by atoms with van der Waals surface area (Å²) in [6.07, 6.45) is 3.88. The molecule has 1 atom stereocenters. The molecule has 4 rings (SSSR count). The number of nitrogens with one attached hydrogen (secondary N) is 1. The van der Waals surface area contributed by atoms with Crippen molar-refractivity contribution in [1.82, 2.24) is 14.9 Å². The number of benzene rings is 1. The summed E-state index contributed by atoms with van der Waals surface area (Å²) in [6.45, 7) is 3.69. The van der Waals surface area contributed by atoms with Crippen LogP contribution in [0.1, 0.15) is 40.6 Å². The van der Waals surface area contributed by atoms with Gasteiger partial charge in [0.25, 0.3) is 5.91 Å². The van der Waals surface area contributed by atoms with Crippen molar-refractivity contribution in [2.75, 3.05) is 19.9 Å². The topological polar surface area (TPSA) is 67.5 Å². The summed E-state index contributed by atoms with van der Waals surface area (Å²) in [6, 6.07) is 5.37.